The Kier molecular flexibility index (Phi) is 5.29. The molecule has 0 atom stereocenters. The minimum absolute atomic E-state index is 0.0446. The van der Waals surface area contributed by atoms with E-state index < -0.39 is 5.82 Å². The molecule has 3 amide bonds. The monoisotopic (exact) mass is 267 g/mol. The number of hydrogen-bond acceptors (Lipinski definition) is 2. The Labute approximate surface area is 111 Å². The van der Waals surface area contributed by atoms with Gasteiger partial charge in [-0.05, 0) is 32.0 Å². The smallest absolute Gasteiger partial charge is 0.321 e. The van der Waals surface area contributed by atoms with Crippen LogP contribution in [0.4, 0.5) is 20.6 Å². The highest BCUT2D eigenvalue weighted by atomic mass is 19.1. The van der Waals surface area contributed by atoms with Gasteiger partial charge in [-0.15, -0.1) is 0 Å². The molecule has 0 aliphatic heterocycles. The van der Waals surface area contributed by atoms with Crippen LogP contribution in [0.15, 0.2) is 18.2 Å². The number of rotatable bonds is 4. The summed E-state index contributed by atoms with van der Waals surface area (Å²) in [7, 11) is 0. The Morgan fingerprint density at radius 3 is 2.37 bits per heavy atom. The molecule has 1 rings (SSSR count). The fourth-order valence-corrected chi connectivity index (χ4v) is 1.61. The molecule has 1 aromatic rings. The van der Waals surface area contributed by atoms with E-state index in [1.165, 1.54) is 30.0 Å². The largest absolute Gasteiger partial charge is 0.326 e. The van der Waals surface area contributed by atoms with E-state index in [0.717, 1.165) is 0 Å². The maximum absolute atomic E-state index is 13.6. The Morgan fingerprint density at radius 1 is 1.21 bits per heavy atom. The fourth-order valence-electron chi connectivity index (χ4n) is 1.61. The lowest BCUT2D eigenvalue weighted by molar-refractivity contribution is -0.114. The van der Waals surface area contributed by atoms with Gasteiger partial charge in [-0.25, -0.2) is 9.18 Å². The molecule has 5 nitrogen and oxygen atoms in total. The molecule has 0 heterocycles. The van der Waals surface area contributed by atoms with Gasteiger partial charge in [-0.3, -0.25) is 4.79 Å². The van der Waals surface area contributed by atoms with Crippen LogP contribution in [0, 0.1) is 5.82 Å². The number of nitrogens with one attached hydrogen (secondary N) is 2. The number of carbonyl (C=O) groups excluding carboxylic acids is 2. The predicted octanol–water partition coefficient (Wildman–Crippen LogP) is 2.66. The van der Waals surface area contributed by atoms with Crippen LogP contribution in [0.2, 0.25) is 0 Å². The fraction of sp³-hybridized carbons (Fsp3) is 0.385. The second-order valence-corrected chi connectivity index (χ2v) is 3.98. The van der Waals surface area contributed by atoms with Gasteiger partial charge in [-0.2, -0.15) is 0 Å². The molecule has 104 valence electrons. The van der Waals surface area contributed by atoms with Gasteiger partial charge in [0.05, 0.1) is 5.69 Å². The molecule has 2 N–H and O–H groups in total. The van der Waals surface area contributed by atoms with Crippen LogP contribution in [0.3, 0.4) is 0 Å². The van der Waals surface area contributed by atoms with Crippen molar-refractivity contribution in [2.75, 3.05) is 23.7 Å². The molecule has 0 radical (unpaired) electrons. The summed E-state index contributed by atoms with van der Waals surface area (Å²) in [6.45, 7) is 6.11. The number of urea groups is 1. The van der Waals surface area contributed by atoms with Crippen molar-refractivity contribution in [2.45, 2.75) is 20.8 Å². The van der Waals surface area contributed by atoms with Crippen molar-refractivity contribution in [1.82, 2.24) is 4.90 Å². The van der Waals surface area contributed by atoms with E-state index in [-0.39, 0.29) is 17.6 Å². The first-order chi connectivity index (χ1) is 8.97. The van der Waals surface area contributed by atoms with Gasteiger partial charge >= 0.3 is 6.03 Å². The van der Waals surface area contributed by atoms with Crippen molar-refractivity contribution < 1.29 is 14.0 Å². The molecule has 0 bridgehead atoms. The molecular weight excluding hydrogens is 249 g/mol. The molecule has 1 aromatic carbocycles. The Hall–Kier alpha value is -2.11. The second-order valence-electron chi connectivity index (χ2n) is 3.98. The summed E-state index contributed by atoms with van der Waals surface area (Å²) in [4.78, 5) is 24.3. The Balaban J connectivity index is 2.87. The summed E-state index contributed by atoms with van der Waals surface area (Å²) < 4.78 is 13.6. The quantitative estimate of drug-likeness (QED) is 0.881. The molecule has 0 fully saturated rings. The lowest BCUT2D eigenvalue weighted by Crippen LogP contribution is -2.34. The lowest BCUT2D eigenvalue weighted by Gasteiger charge is -2.19. The molecule has 19 heavy (non-hydrogen) atoms. The Bertz CT molecular complexity index is 473. The van der Waals surface area contributed by atoms with Crippen LogP contribution in [0.1, 0.15) is 20.8 Å². The number of nitrogens with zero attached hydrogens (tertiary/aromatic N) is 1. The summed E-state index contributed by atoms with van der Waals surface area (Å²) >= 11 is 0. The molecule has 0 aliphatic carbocycles. The summed E-state index contributed by atoms with van der Waals surface area (Å²) in [6, 6.07) is 3.65. The number of halogens is 1. The third-order valence-electron chi connectivity index (χ3n) is 2.58. The number of carbonyl (C=O) groups is 2. The van der Waals surface area contributed by atoms with Crippen molar-refractivity contribution in [3.63, 3.8) is 0 Å². The van der Waals surface area contributed by atoms with Crippen molar-refractivity contribution >= 4 is 23.3 Å². The number of anilines is 2. The summed E-state index contributed by atoms with van der Waals surface area (Å²) in [6.07, 6.45) is 0. The van der Waals surface area contributed by atoms with E-state index in [0.29, 0.717) is 18.8 Å². The average molecular weight is 267 g/mol. The zero-order valence-electron chi connectivity index (χ0n) is 11.3. The molecule has 0 saturated carbocycles. The molecule has 0 aliphatic rings. The van der Waals surface area contributed by atoms with Crippen LogP contribution in [-0.2, 0) is 4.79 Å². The number of benzene rings is 1. The van der Waals surface area contributed by atoms with Crippen molar-refractivity contribution in [3.8, 4) is 0 Å². The first kappa shape index (κ1) is 14.9. The van der Waals surface area contributed by atoms with Crippen LogP contribution < -0.4 is 10.6 Å². The SMILES string of the molecule is CCN(CC)C(=O)Nc1cc(NC(C)=O)ccc1F. The third kappa shape index (κ3) is 4.24. The summed E-state index contributed by atoms with van der Waals surface area (Å²) in [5.41, 5.74) is 0.479. The molecule has 0 unspecified atom stereocenters. The van der Waals surface area contributed by atoms with Gasteiger partial charge in [0.15, 0.2) is 0 Å². The molecular formula is C13H18FN3O2. The average Bonchev–Trinajstić information content (AvgIpc) is 2.34. The molecule has 6 heteroatoms. The highest BCUT2D eigenvalue weighted by Gasteiger charge is 2.12. The zero-order chi connectivity index (χ0) is 14.4. The third-order valence-corrected chi connectivity index (χ3v) is 2.58. The maximum Gasteiger partial charge on any atom is 0.321 e. The maximum atomic E-state index is 13.6. The van der Waals surface area contributed by atoms with E-state index in [1.807, 2.05) is 13.8 Å². The van der Waals surface area contributed by atoms with Gasteiger partial charge in [0.25, 0.3) is 0 Å². The van der Waals surface area contributed by atoms with Gasteiger partial charge in [0.1, 0.15) is 5.82 Å². The Morgan fingerprint density at radius 2 is 1.84 bits per heavy atom. The van der Waals surface area contributed by atoms with E-state index in [9.17, 15) is 14.0 Å². The first-order valence-corrected chi connectivity index (χ1v) is 6.11. The highest BCUT2D eigenvalue weighted by molar-refractivity contribution is 5.92. The van der Waals surface area contributed by atoms with E-state index >= 15 is 0 Å². The van der Waals surface area contributed by atoms with Gasteiger partial charge in [-0.1, -0.05) is 0 Å². The van der Waals surface area contributed by atoms with E-state index in [1.54, 1.807) is 0 Å². The molecule has 0 aromatic heterocycles. The second kappa shape index (κ2) is 6.72. The van der Waals surface area contributed by atoms with Crippen LogP contribution in [-0.4, -0.2) is 29.9 Å². The summed E-state index contributed by atoms with van der Waals surface area (Å²) in [5.74, 6) is -0.803. The van der Waals surface area contributed by atoms with Crippen LogP contribution in [0.5, 0.6) is 0 Å². The number of amides is 3. The summed E-state index contributed by atoms with van der Waals surface area (Å²) in [5, 5.41) is 5.02. The zero-order valence-corrected chi connectivity index (χ0v) is 11.3. The lowest BCUT2D eigenvalue weighted by atomic mass is 10.2. The molecule has 0 saturated heterocycles. The van der Waals surface area contributed by atoms with Crippen LogP contribution in [0.25, 0.3) is 0 Å². The van der Waals surface area contributed by atoms with Gasteiger partial charge in [0.2, 0.25) is 5.91 Å². The highest BCUT2D eigenvalue weighted by Crippen LogP contribution is 2.20. The van der Waals surface area contributed by atoms with E-state index in [4.69, 9.17) is 0 Å². The van der Waals surface area contributed by atoms with E-state index in [2.05, 4.69) is 10.6 Å². The van der Waals surface area contributed by atoms with Crippen molar-refractivity contribution in [3.05, 3.63) is 24.0 Å². The normalized spacial score (nSPS) is 9.89. The van der Waals surface area contributed by atoms with Gasteiger partial charge in [0, 0.05) is 25.7 Å². The number of hydrogen-bond donors (Lipinski definition) is 2. The van der Waals surface area contributed by atoms with Crippen LogP contribution >= 0.6 is 0 Å². The van der Waals surface area contributed by atoms with Gasteiger partial charge < -0.3 is 15.5 Å². The molecule has 0 spiro atoms. The van der Waals surface area contributed by atoms with Crippen molar-refractivity contribution in [2.24, 2.45) is 0 Å². The minimum Gasteiger partial charge on any atom is -0.326 e. The van der Waals surface area contributed by atoms with Crippen molar-refractivity contribution in [1.29, 1.82) is 0 Å². The standard InChI is InChI=1S/C13H18FN3O2/c1-4-17(5-2)13(19)16-12-8-10(15-9(3)18)6-7-11(12)14/h6-8H,4-5H2,1-3H3,(H,15,18)(H,16,19). The predicted molar refractivity (Wildman–Crippen MR) is 72.6 cm³/mol. The minimum atomic E-state index is -0.547. The first-order valence-electron chi connectivity index (χ1n) is 6.11. The topological polar surface area (TPSA) is 61.4 Å².